The molecule has 1 heterocycles. The van der Waals surface area contributed by atoms with Crippen molar-refractivity contribution in [2.75, 3.05) is 12.8 Å². The lowest BCUT2D eigenvalue weighted by atomic mass is 10.1. The average Bonchev–Trinajstić information content (AvgIpc) is 3.50. The van der Waals surface area contributed by atoms with Gasteiger partial charge < -0.3 is 20.3 Å². The molecular formula is C26H31N5O4. The lowest BCUT2D eigenvalue weighted by Gasteiger charge is -2.16. The predicted molar refractivity (Wildman–Crippen MR) is 134 cm³/mol. The second-order valence-corrected chi connectivity index (χ2v) is 8.60. The highest BCUT2D eigenvalue weighted by Crippen LogP contribution is 2.32. The number of rotatable bonds is 10. The molecule has 0 radical (unpaired) electrons. The zero-order valence-electron chi connectivity index (χ0n) is 19.8. The Morgan fingerprint density at radius 1 is 1.26 bits per heavy atom. The Morgan fingerprint density at radius 2 is 2.03 bits per heavy atom. The molecule has 9 nitrogen and oxygen atoms in total. The van der Waals surface area contributed by atoms with Gasteiger partial charge in [-0.1, -0.05) is 30.3 Å². The van der Waals surface area contributed by atoms with Crippen LogP contribution in [-0.2, 0) is 13.0 Å². The molecule has 4 rings (SSSR count). The summed E-state index contributed by atoms with van der Waals surface area (Å²) in [5, 5.41) is 18.6. The molecule has 0 saturated heterocycles. The van der Waals surface area contributed by atoms with E-state index in [4.69, 9.17) is 15.2 Å². The number of nitrogens with zero attached hydrogens (tertiary/aromatic N) is 3. The second-order valence-electron chi connectivity index (χ2n) is 8.60. The van der Waals surface area contributed by atoms with E-state index in [2.05, 4.69) is 15.6 Å². The van der Waals surface area contributed by atoms with Gasteiger partial charge in [-0.15, -0.1) is 0 Å². The Labute approximate surface area is 204 Å². The maximum Gasteiger partial charge on any atom is 0.276 e. The van der Waals surface area contributed by atoms with Gasteiger partial charge in [0.2, 0.25) is 0 Å². The SMILES string of the molecule is COc1ccc(/C=N/NC(=O)c2cnn(CC(O)Cc3ccccc3)c2N)cc1OC1CCCC1. The minimum Gasteiger partial charge on any atom is -0.493 e. The summed E-state index contributed by atoms with van der Waals surface area (Å²) in [6, 6.07) is 15.1. The summed E-state index contributed by atoms with van der Waals surface area (Å²) in [5.74, 6) is 1.00. The molecule has 1 fully saturated rings. The van der Waals surface area contributed by atoms with Crippen molar-refractivity contribution in [2.45, 2.75) is 50.9 Å². The topological polar surface area (TPSA) is 124 Å². The van der Waals surface area contributed by atoms with E-state index >= 15 is 0 Å². The number of ether oxygens (including phenoxy) is 2. The molecule has 35 heavy (non-hydrogen) atoms. The summed E-state index contributed by atoms with van der Waals surface area (Å²) >= 11 is 0. The number of hydrogen-bond donors (Lipinski definition) is 3. The van der Waals surface area contributed by atoms with E-state index in [1.165, 1.54) is 29.9 Å². The first-order chi connectivity index (χ1) is 17.0. The van der Waals surface area contributed by atoms with Gasteiger partial charge in [-0.2, -0.15) is 10.2 Å². The van der Waals surface area contributed by atoms with Gasteiger partial charge in [0.05, 0.1) is 38.3 Å². The van der Waals surface area contributed by atoms with Crippen molar-refractivity contribution in [3.63, 3.8) is 0 Å². The molecule has 3 aromatic rings. The number of nitrogens with two attached hydrogens (primary N) is 1. The first-order valence-corrected chi connectivity index (χ1v) is 11.7. The standard InChI is InChI=1S/C26H31N5O4/c1-34-23-12-11-19(14-24(23)35-21-9-5-6-10-21)15-28-30-26(33)22-16-29-31(25(22)27)17-20(32)13-18-7-3-2-4-8-18/h2-4,7-8,11-12,14-16,20-21,32H,5-6,9-10,13,17,27H2,1H3,(H,30,33)/b28-15+. The lowest BCUT2D eigenvalue weighted by molar-refractivity contribution is 0.0955. The summed E-state index contributed by atoms with van der Waals surface area (Å²) in [5.41, 5.74) is 10.5. The number of nitrogens with one attached hydrogen (secondary N) is 1. The van der Waals surface area contributed by atoms with Crippen LogP contribution in [0.15, 0.2) is 59.8 Å². The molecule has 1 unspecified atom stereocenters. The fraction of sp³-hybridized carbons (Fsp3) is 0.346. The molecule has 1 aromatic heterocycles. The first kappa shape index (κ1) is 24.3. The van der Waals surface area contributed by atoms with E-state index < -0.39 is 12.0 Å². The van der Waals surface area contributed by atoms with E-state index in [0.717, 1.165) is 24.0 Å². The van der Waals surface area contributed by atoms with Gasteiger partial charge in [-0.3, -0.25) is 4.79 Å². The van der Waals surface area contributed by atoms with Gasteiger partial charge in [0, 0.05) is 6.42 Å². The van der Waals surface area contributed by atoms with E-state index in [1.807, 2.05) is 48.5 Å². The maximum atomic E-state index is 12.6. The second kappa shape index (κ2) is 11.5. The summed E-state index contributed by atoms with van der Waals surface area (Å²) < 4.78 is 12.9. The summed E-state index contributed by atoms with van der Waals surface area (Å²) in [4.78, 5) is 12.6. The number of aliphatic hydroxyl groups is 1. The number of anilines is 1. The number of carbonyl (C=O) groups excluding carboxylic acids is 1. The van der Waals surface area contributed by atoms with Gasteiger partial charge in [0.25, 0.3) is 5.91 Å². The third kappa shape index (κ3) is 6.39. The van der Waals surface area contributed by atoms with E-state index in [0.29, 0.717) is 17.9 Å². The van der Waals surface area contributed by atoms with E-state index in [-0.39, 0.29) is 24.0 Å². The number of hydrogen-bond acceptors (Lipinski definition) is 7. The third-order valence-corrected chi connectivity index (χ3v) is 5.99. The van der Waals surface area contributed by atoms with E-state index in [1.54, 1.807) is 7.11 Å². The Bertz CT molecular complexity index is 1160. The van der Waals surface area contributed by atoms with Crippen molar-refractivity contribution in [1.82, 2.24) is 15.2 Å². The predicted octanol–water partition coefficient (Wildman–Crippen LogP) is 3.16. The largest absolute Gasteiger partial charge is 0.493 e. The van der Waals surface area contributed by atoms with Crippen LogP contribution in [0.5, 0.6) is 11.5 Å². The molecule has 9 heteroatoms. The Hall–Kier alpha value is -3.85. The van der Waals surface area contributed by atoms with Crippen LogP contribution in [-0.4, -0.2) is 46.3 Å². The zero-order valence-corrected chi connectivity index (χ0v) is 19.8. The van der Waals surface area contributed by atoms with Crippen molar-refractivity contribution in [1.29, 1.82) is 0 Å². The molecule has 2 aromatic carbocycles. The number of carbonyl (C=O) groups is 1. The number of aliphatic hydroxyl groups excluding tert-OH is 1. The van der Waals surface area contributed by atoms with Gasteiger partial charge in [-0.25, -0.2) is 10.1 Å². The van der Waals surface area contributed by atoms with Crippen molar-refractivity contribution < 1.29 is 19.4 Å². The van der Waals surface area contributed by atoms with Crippen LogP contribution in [0.3, 0.4) is 0 Å². The molecule has 1 aliphatic rings. The van der Waals surface area contributed by atoms with Crippen molar-refractivity contribution in [3.05, 3.63) is 71.4 Å². The fourth-order valence-corrected chi connectivity index (χ4v) is 4.14. The lowest BCUT2D eigenvalue weighted by Crippen LogP contribution is -2.22. The zero-order chi connectivity index (χ0) is 24.6. The minimum atomic E-state index is -0.691. The monoisotopic (exact) mass is 477 g/mol. The van der Waals surface area contributed by atoms with Crippen LogP contribution < -0.4 is 20.6 Å². The highest BCUT2D eigenvalue weighted by molar-refractivity contribution is 5.98. The van der Waals surface area contributed by atoms with Gasteiger partial charge in [0.15, 0.2) is 11.5 Å². The molecular weight excluding hydrogens is 446 g/mol. The summed E-state index contributed by atoms with van der Waals surface area (Å²) in [6.07, 6.45) is 7.29. The molecule has 0 spiro atoms. The number of nitrogen functional groups attached to an aromatic ring is 1. The molecule has 4 N–H and O–H groups in total. The number of benzene rings is 2. The minimum absolute atomic E-state index is 0.168. The van der Waals surface area contributed by atoms with Crippen LogP contribution >= 0.6 is 0 Å². The maximum absolute atomic E-state index is 12.6. The van der Waals surface area contributed by atoms with Crippen LogP contribution in [0.25, 0.3) is 0 Å². The normalized spacial score (nSPS) is 14.8. The van der Waals surface area contributed by atoms with Gasteiger partial charge in [-0.05, 0) is 55.0 Å². The average molecular weight is 478 g/mol. The van der Waals surface area contributed by atoms with Crippen LogP contribution in [0.4, 0.5) is 5.82 Å². The van der Waals surface area contributed by atoms with Crippen molar-refractivity contribution in [2.24, 2.45) is 5.10 Å². The van der Waals surface area contributed by atoms with Gasteiger partial charge in [0.1, 0.15) is 11.4 Å². The molecule has 1 amide bonds. The summed E-state index contributed by atoms with van der Waals surface area (Å²) in [6.45, 7) is 0.174. The third-order valence-electron chi connectivity index (χ3n) is 5.99. The van der Waals surface area contributed by atoms with Crippen molar-refractivity contribution >= 4 is 17.9 Å². The Balaban J connectivity index is 1.35. The molecule has 184 valence electrons. The number of hydrazone groups is 1. The van der Waals surface area contributed by atoms with E-state index in [9.17, 15) is 9.90 Å². The number of aromatic nitrogens is 2. The quantitative estimate of drug-likeness (QED) is 0.304. The Morgan fingerprint density at radius 3 is 2.77 bits per heavy atom. The number of amides is 1. The Kier molecular flexibility index (Phi) is 7.99. The molecule has 1 aliphatic carbocycles. The summed E-state index contributed by atoms with van der Waals surface area (Å²) in [7, 11) is 1.61. The molecule has 0 aliphatic heterocycles. The molecule has 0 bridgehead atoms. The van der Waals surface area contributed by atoms with Crippen LogP contribution in [0.2, 0.25) is 0 Å². The van der Waals surface area contributed by atoms with Crippen LogP contribution in [0, 0.1) is 0 Å². The first-order valence-electron chi connectivity index (χ1n) is 11.7. The molecule has 1 atom stereocenters. The molecule has 1 saturated carbocycles. The fourth-order valence-electron chi connectivity index (χ4n) is 4.14. The number of methoxy groups -OCH3 is 1. The van der Waals surface area contributed by atoms with Crippen LogP contribution in [0.1, 0.15) is 47.2 Å². The highest BCUT2D eigenvalue weighted by Gasteiger charge is 2.19. The van der Waals surface area contributed by atoms with Crippen molar-refractivity contribution in [3.8, 4) is 11.5 Å². The van der Waals surface area contributed by atoms with Gasteiger partial charge >= 0.3 is 0 Å². The smallest absolute Gasteiger partial charge is 0.276 e. The highest BCUT2D eigenvalue weighted by atomic mass is 16.5.